The molecule has 2 N–H and O–H groups in total. The number of aliphatic hydroxyl groups is 1. The van der Waals surface area contributed by atoms with E-state index in [1.807, 2.05) is 0 Å². The van der Waals surface area contributed by atoms with Crippen LogP contribution in [0.5, 0.6) is 5.75 Å². The standard InChI is InChI=1S/C13H16ClNO5/c1-8(20-11-6-4-3-5-9(11)14)12(17)15-7-10(16)13(18)19-2/h3-6,8,10,16H,7H2,1-2H3,(H,15,17). The predicted molar refractivity (Wildman–Crippen MR) is 72.6 cm³/mol. The van der Waals surface area contributed by atoms with E-state index in [0.717, 1.165) is 7.11 Å². The molecular formula is C13H16ClNO5. The van der Waals surface area contributed by atoms with Gasteiger partial charge in [0.2, 0.25) is 0 Å². The van der Waals surface area contributed by atoms with Gasteiger partial charge in [-0.1, -0.05) is 23.7 Å². The zero-order valence-corrected chi connectivity index (χ0v) is 11.9. The van der Waals surface area contributed by atoms with Gasteiger partial charge in [0.15, 0.2) is 12.2 Å². The van der Waals surface area contributed by atoms with Crippen LogP contribution in [0.2, 0.25) is 5.02 Å². The summed E-state index contributed by atoms with van der Waals surface area (Å²) in [5.41, 5.74) is 0. The first kappa shape index (κ1) is 16.3. The van der Waals surface area contributed by atoms with E-state index < -0.39 is 24.1 Å². The maximum absolute atomic E-state index is 11.7. The van der Waals surface area contributed by atoms with Gasteiger partial charge in [-0.2, -0.15) is 0 Å². The van der Waals surface area contributed by atoms with Gasteiger partial charge in [0.1, 0.15) is 5.75 Å². The highest BCUT2D eigenvalue weighted by molar-refractivity contribution is 6.32. The molecule has 20 heavy (non-hydrogen) atoms. The molecule has 0 heterocycles. The first-order valence-electron chi connectivity index (χ1n) is 5.90. The van der Waals surface area contributed by atoms with E-state index in [0.29, 0.717) is 10.8 Å². The fourth-order valence-corrected chi connectivity index (χ4v) is 1.52. The average Bonchev–Trinajstić information content (AvgIpc) is 2.45. The minimum atomic E-state index is -1.41. The number of para-hydroxylation sites is 1. The van der Waals surface area contributed by atoms with E-state index in [2.05, 4.69) is 10.1 Å². The quantitative estimate of drug-likeness (QED) is 0.758. The Morgan fingerprint density at radius 3 is 2.65 bits per heavy atom. The number of carbonyl (C=O) groups is 2. The Hall–Kier alpha value is -1.79. The van der Waals surface area contributed by atoms with Gasteiger partial charge in [0.25, 0.3) is 5.91 Å². The Bertz CT molecular complexity index is 480. The lowest BCUT2D eigenvalue weighted by Crippen LogP contribution is -2.42. The number of rotatable bonds is 6. The van der Waals surface area contributed by atoms with Crippen molar-refractivity contribution in [3.05, 3.63) is 29.3 Å². The molecule has 1 aromatic rings. The second-order valence-corrected chi connectivity index (χ2v) is 4.38. The summed E-state index contributed by atoms with van der Waals surface area (Å²) in [6, 6.07) is 6.75. The van der Waals surface area contributed by atoms with Gasteiger partial charge in [0.05, 0.1) is 18.7 Å². The molecule has 1 amide bonds. The SMILES string of the molecule is COC(=O)C(O)CNC(=O)C(C)Oc1ccccc1Cl. The second-order valence-electron chi connectivity index (χ2n) is 3.97. The number of methoxy groups -OCH3 is 1. The Balaban J connectivity index is 2.48. The van der Waals surface area contributed by atoms with Crippen LogP contribution in [-0.4, -0.2) is 42.8 Å². The number of aliphatic hydroxyl groups excluding tert-OH is 1. The minimum Gasteiger partial charge on any atom is -0.479 e. The summed E-state index contributed by atoms with van der Waals surface area (Å²) in [6.45, 7) is 1.28. The molecule has 0 saturated heterocycles. The minimum absolute atomic E-state index is 0.248. The molecule has 6 nitrogen and oxygen atoms in total. The molecule has 2 atom stereocenters. The topological polar surface area (TPSA) is 84.9 Å². The highest BCUT2D eigenvalue weighted by Gasteiger charge is 2.20. The lowest BCUT2D eigenvalue weighted by atomic mass is 10.3. The Morgan fingerprint density at radius 1 is 1.40 bits per heavy atom. The van der Waals surface area contributed by atoms with E-state index in [4.69, 9.17) is 16.3 Å². The number of carbonyl (C=O) groups excluding carboxylic acids is 2. The van der Waals surface area contributed by atoms with Gasteiger partial charge >= 0.3 is 5.97 Å². The van der Waals surface area contributed by atoms with Crippen LogP contribution in [0.15, 0.2) is 24.3 Å². The normalized spacial score (nSPS) is 13.2. The molecule has 0 fully saturated rings. The van der Waals surface area contributed by atoms with Crippen molar-refractivity contribution >= 4 is 23.5 Å². The van der Waals surface area contributed by atoms with Crippen LogP contribution in [-0.2, 0) is 14.3 Å². The van der Waals surface area contributed by atoms with Gasteiger partial charge in [-0.15, -0.1) is 0 Å². The number of hydrogen-bond donors (Lipinski definition) is 2. The van der Waals surface area contributed by atoms with E-state index in [1.165, 1.54) is 6.92 Å². The van der Waals surface area contributed by atoms with Crippen molar-refractivity contribution < 1.29 is 24.2 Å². The zero-order chi connectivity index (χ0) is 15.1. The Kier molecular flexibility index (Phi) is 6.27. The highest BCUT2D eigenvalue weighted by atomic mass is 35.5. The van der Waals surface area contributed by atoms with Crippen molar-refractivity contribution in [2.75, 3.05) is 13.7 Å². The van der Waals surface area contributed by atoms with Crippen molar-refractivity contribution in [3.8, 4) is 5.75 Å². The number of hydrogen-bond acceptors (Lipinski definition) is 5. The van der Waals surface area contributed by atoms with Gasteiger partial charge < -0.3 is 19.9 Å². The van der Waals surface area contributed by atoms with Crippen LogP contribution in [0.25, 0.3) is 0 Å². The smallest absolute Gasteiger partial charge is 0.336 e. The van der Waals surface area contributed by atoms with E-state index >= 15 is 0 Å². The third-order valence-corrected chi connectivity index (χ3v) is 2.76. The maximum Gasteiger partial charge on any atom is 0.336 e. The van der Waals surface area contributed by atoms with Crippen LogP contribution in [0.1, 0.15) is 6.92 Å². The number of halogens is 1. The number of nitrogens with one attached hydrogen (secondary N) is 1. The molecule has 0 aliphatic carbocycles. The van der Waals surface area contributed by atoms with E-state index in [1.54, 1.807) is 24.3 Å². The first-order chi connectivity index (χ1) is 9.45. The van der Waals surface area contributed by atoms with Gasteiger partial charge in [-0.05, 0) is 19.1 Å². The molecule has 1 aromatic carbocycles. The number of benzene rings is 1. The molecule has 110 valence electrons. The van der Waals surface area contributed by atoms with Crippen LogP contribution in [0.3, 0.4) is 0 Å². The second kappa shape index (κ2) is 7.72. The van der Waals surface area contributed by atoms with Gasteiger partial charge in [0, 0.05) is 0 Å². The largest absolute Gasteiger partial charge is 0.479 e. The van der Waals surface area contributed by atoms with Crippen molar-refractivity contribution in [1.29, 1.82) is 0 Å². The molecule has 0 aromatic heterocycles. The first-order valence-corrected chi connectivity index (χ1v) is 6.28. The van der Waals surface area contributed by atoms with Crippen molar-refractivity contribution in [3.63, 3.8) is 0 Å². The fourth-order valence-electron chi connectivity index (χ4n) is 1.34. The summed E-state index contributed by atoms with van der Waals surface area (Å²) >= 11 is 5.90. The summed E-state index contributed by atoms with van der Waals surface area (Å²) in [7, 11) is 1.15. The molecule has 0 bridgehead atoms. The molecule has 0 spiro atoms. The summed E-state index contributed by atoms with van der Waals surface area (Å²) in [6.07, 6.45) is -2.23. The lowest BCUT2D eigenvalue weighted by Gasteiger charge is -2.16. The molecule has 7 heteroatoms. The molecular weight excluding hydrogens is 286 g/mol. The number of ether oxygens (including phenoxy) is 2. The lowest BCUT2D eigenvalue weighted by molar-refractivity contribution is -0.150. The van der Waals surface area contributed by atoms with Gasteiger partial charge in [-0.25, -0.2) is 4.79 Å². The third-order valence-electron chi connectivity index (χ3n) is 2.45. The molecule has 1 rings (SSSR count). The number of esters is 1. The van der Waals surface area contributed by atoms with Crippen molar-refractivity contribution in [2.24, 2.45) is 0 Å². The average molecular weight is 302 g/mol. The van der Waals surface area contributed by atoms with Crippen LogP contribution in [0.4, 0.5) is 0 Å². The van der Waals surface area contributed by atoms with Crippen molar-refractivity contribution in [2.45, 2.75) is 19.1 Å². The summed E-state index contributed by atoms with van der Waals surface area (Å²) in [5, 5.41) is 12.1. The monoisotopic (exact) mass is 301 g/mol. The van der Waals surface area contributed by atoms with Crippen LogP contribution < -0.4 is 10.1 Å². The molecule has 2 unspecified atom stereocenters. The molecule has 0 radical (unpaired) electrons. The molecule has 0 aliphatic rings. The summed E-state index contributed by atoms with van der Waals surface area (Å²) in [5.74, 6) is -0.914. The van der Waals surface area contributed by atoms with Crippen LogP contribution in [0, 0.1) is 0 Å². The summed E-state index contributed by atoms with van der Waals surface area (Å²) < 4.78 is 9.71. The number of amides is 1. The Labute approximate surface area is 121 Å². The summed E-state index contributed by atoms with van der Waals surface area (Å²) in [4.78, 5) is 22.7. The van der Waals surface area contributed by atoms with Gasteiger partial charge in [-0.3, -0.25) is 4.79 Å². The molecule has 0 aliphatic heterocycles. The third kappa shape index (κ3) is 4.71. The van der Waals surface area contributed by atoms with E-state index in [-0.39, 0.29) is 6.54 Å². The predicted octanol–water partition coefficient (Wildman–Crippen LogP) is 0.757. The van der Waals surface area contributed by atoms with Crippen molar-refractivity contribution in [1.82, 2.24) is 5.32 Å². The van der Waals surface area contributed by atoms with E-state index in [9.17, 15) is 14.7 Å². The highest BCUT2D eigenvalue weighted by Crippen LogP contribution is 2.24. The maximum atomic E-state index is 11.7. The Morgan fingerprint density at radius 2 is 2.05 bits per heavy atom. The zero-order valence-electron chi connectivity index (χ0n) is 11.1. The fraction of sp³-hybridized carbons (Fsp3) is 0.385. The molecule has 0 saturated carbocycles. The van der Waals surface area contributed by atoms with Crippen LogP contribution >= 0.6 is 11.6 Å².